The number of carbonyl (C=O) groups is 3. The highest BCUT2D eigenvalue weighted by molar-refractivity contribution is 7.21. The Hall–Kier alpha value is -3.23. The van der Waals surface area contributed by atoms with Gasteiger partial charge in [0.05, 0.1) is 17.1 Å². The van der Waals surface area contributed by atoms with Gasteiger partial charge in [-0.15, -0.1) is 11.3 Å². The number of hydrogen-bond acceptors (Lipinski definition) is 7. The lowest BCUT2D eigenvalue weighted by Crippen LogP contribution is -2.54. The Kier molecular flexibility index (Phi) is 4.37. The Morgan fingerprint density at radius 2 is 2.25 bits per heavy atom. The predicted octanol–water partition coefficient (Wildman–Crippen LogP) is 0.979. The molecule has 0 aromatic carbocycles. The van der Waals surface area contributed by atoms with E-state index < -0.39 is 17.5 Å². The molecule has 9 nitrogen and oxygen atoms in total. The van der Waals surface area contributed by atoms with E-state index in [4.69, 9.17) is 0 Å². The van der Waals surface area contributed by atoms with Crippen LogP contribution in [0.15, 0.2) is 18.5 Å². The van der Waals surface area contributed by atoms with Crippen molar-refractivity contribution in [1.29, 1.82) is 0 Å². The Morgan fingerprint density at radius 1 is 1.43 bits per heavy atom. The van der Waals surface area contributed by atoms with Crippen molar-refractivity contribution in [2.75, 3.05) is 6.54 Å². The van der Waals surface area contributed by atoms with E-state index in [1.165, 1.54) is 28.9 Å². The van der Waals surface area contributed by atoms with Gasteiger partial charge in [-0.2, -0.15) is 0 Å². The summed E-state index contributed by atoms with van der Waals surface area (Å²) in [6.45, 7) is 1.59. The SMILES string of the molecule is Cc1nc(-c2cc#cs2)sc1C(=O)NCC1(c2nccn2C)NC(=O)NC1=O. The second-order valence-electron chi connectivity index (χ2n) is 6.15. The maximum absolute atomic E-state index is 12.8. The maximum Gasteiger partial charge on any atom is 0.322 e. The van der Waals surface area contributed by atoms with E-state index in [2.05, 4.69) is 37.4 Å². The first-order chi connectivity index (χ1) is 13.4. The molecule has 1 aliphatic rings. The van der Waals surface area contributed by atoms with E-state index in [0.29, 0.717) is 21.4 Å². The van der Waals surface area contributed by atoms with Gasteiger partial charge in [0.15, 0.2) is 5.54 Å². The van der Waals surface area contributed by atoms with Crippen LogP contribution in [0.4, 0.5) is 4.79 Å². The van der Waals surface area contributed by atoms with Crippen LogP contribution in [0, 0.1) is 18.4 Å². The third kappa shape index (κ3) is 2.92. The zero-order chi connectivity index (χ0) is 19.9. The molecule has 3 aromatic rings. The first kappa shape index (κ1) is 18.1. The van der Waals surface area contributed by atoms with Gasteiger partial charge in [-0.1, -0.05) is 17.4 Å². The Morgan fingerprint density at radius 3 is 2.86 bits per heavy atom. The molecule has 1 aliphatic heterocycles. The molecule has 3 N–H and O–H groups in total. The molecule has 4 amide bonds. The molecule has 0 radical (unpaired) electrons. The largest absolute Gasteiger partial charge is 0.348 e. The zero-order valence-corrected chi connectivity index (χ0v) is 16.5. The molecule has 1 atom stereocenters. The van der Waals surface area contributed by atoms with Crippen molar-refractivity contribution in [1.82, 2.24) is 30.5 Å². The molecular weight excluding hydrogens is 400 g/mol. The smallest absolute Gasteiger partial charge is 0.322 e. The van der Waals surface area contributed by atoms with Crippen molar-refractivity contribution in [3.8, 4) is 9.88 Å². The maximum atomic E-state index is 12.8. The number of thiazole rings is 1. The van der Waals surface area contributed by atoms with Gasteiger partial charge in [0.1, 0.15) is 15.7 Å². The van der Waals surface area contributed by atoms with Crippen LogP contribution in [0.5, 0.6) is 0 Å². The fourth-order valence-electron chi connectivity index (χ4n) is 2.95. The lowest BCUT2D eigenvalue weighted by molar-refractivity contribution is -0.124. The number of urea groups is 1. The van der Waals surface area contributed by atoms with Crippen LogP contribution in [0.2, 0.25) is 0 Å². The van der Waals surface area contributed by atoms with Gasteiger partial charge in [-0.05, 0) is 12.3 Å². The van der Waals surface area contributed by atoms with Crippen LogP contribution in [0.25, 0.3) is 9.88 Å². The molecule has 1 unspecified atom stereocenters. The van der Waals surface area contributed by atoms with E-state index in [9.17, 15) is 14.4 Å². The Labute approximate surface area is 167 Å². The number of carbonyl (C=O) groups excluding carboxylic acids is 3. The van der Waals surface area contributed by atoms with Crippen LogP contribution in [-0.4, -0.2) is 38.9 Å². The number of nitrogens with zero attached hydrogens (tertiary/aromatic N) is 3. The topological polar surface area (TPSA) is 118 Å². The summed E-state index contributed by atoms with van der Waals surface area (Å²) in [5.41, 5.74) is -0.902. The van der Waals surface area contributed by atoms with E-state index in [0.717, 1.165) is 4.88 Å². The quantitative estimate of drug-likeness (QED) is 0.538. The highest BCUT2D eigenvalue weighted by Gasteiger charge is 2.50. The fourth-order valence-corrected chi connectivity index (χ4v) is 4.57. The van der Waals surface area contributed by atoms with E-state index in [1.54, 1.807) is 30.8 Å². The van der Waals surface area contributed by atoms with E-state index >= 15 is 0 Å². The van der Waals surface area contributed by atoms with Crippen LogP contribution in [0.1, 0.15) is 21.2 Å². The molecular formula is C17H14N6O3S2. The van der Waals surface area contributed by atoms with Gasteiger partial charge in [-0.25, -0.2) is 14.8 Å². The van der Waals surface area contributed by atoms with Crippen molar-refractivity contribution in [2.45, 2.75) is 12.5 Å². The number of aromatic nitrogens is 3. The molecule has 11 heteroatoms. The van der Waals surface area contributed by atoms with Crippen LogP contribution in [0.3, 0.4) is 0 Å². The molecule has 0 aliphatic carbocycles. The zero-order valence-electron chi connectivity index (χ0n) is 14.8. The molecule has 28 heavy (non-hydrogen) atoms. The van der Waals surface area contributed by atoms with Crippen LogP contribution in [-0.2, 0) is 17.4 Å². The summed E-state index contributed by atoms with van der Waals surface area (Å²) in [4.78, 5) is 47.0. The third-order valence-corrected chi connectivity index (χ3v) is 6.37. The monoisotopic (exact) mass is 414 g/mol. The van der Waals surface area contributed by atoms with E-state index in [1.807, 2.05) is 0 Å². The number of nitrogens with one attached hydrogen (secondary N) is 3. The summed E-state index contributed by atoms with van der Waals surface area (Å²) >= 11 is 2.61. The molecule has 1 fully saturated rings. The number of imidazole rings is 1. The van der Waals surface area contributed by atoms with Crippen molar-refractivity contribution >= 4 is 40.5 Å². The van der Waals surface area contributed by atoms with Crippen LogP contribution < -0.4 is 16.0 Å². The molecule has 1 saturated heterocycles. The first-order valence-corrected chi connectivity index (χ1v) is 9.79. The molecule has 4 heterocycles. The van der Waals surface area contributed by atoms with Crippen molar-refractivity contribution in [2.24, 2.45) is 7.05 Å². The second-order valence-corrected chi connectivity index (χ2v) is 8.00. The second kappa shape index (κ2) is 6.74. The predicted molar refractivity (Wildman–Crippen MR) is 102 cm³/mol. The average molecular weight is 414 g/mol. The number of rotatable bonds is 5. The summed E-state index contributed by atoms with van der Waals surface area (Å²) in [6, 6.07) is 3.98. The lowest BCUT2D eigenvalue weighted by atomic mass is 9.98. The first-order valence-electron chi connectivity index (χ1n) is 8.15. The molecule has 0 bridgehead atoms. The van der Waals surface area contributed by atoms with Crippen LogP contribution >= 0.6 is 22.7 Å². The summed E-state index contributed by atoms with van der Waals surface area (Å²) in [5.74, 6) is -0.630. The van der Waals surface area contributed by atoms with Crippen molar-refractivity contribution in [3.63, 3.8) is 0 Å². The van der Waals surface area contributed by atoms with Gasteiger partial charge >= 0.3 is 6.03 Å². The molecule has 0 saturated carbocycles. The van der Waals surface area contributed by atoms with Gasteiger partial charge in [0.2, 0.25) is 0 Å². The van der Waals surface area contributed by atoms with Gasteiger partial charge in [-0.3, -0.25) is 14.9 Å². The minimum absolute atomic E-state index is 0.151. The standard InChI is InChI=1S/C17H14N6O3S2/c1-9-11(28-13(20-9)10-4-3-7-27-10)12(24)19-8-17(14-18-5-6-23(14)2)15(25)21-16(26)22-17/h4-6H,8H2,1-2H3,(H,19,24)(H2,21,22,25,26). The third-order valence-electron chi connectivity index (χ3n) is 4.30. The summed E-state index contributed by atoms with van der Waals surface area (Å²) < 4.78 is 1.62. The van der Waals surface area contributed by atoms with Gasteiger partial charge in [0, 0.05) is 25.5 Å². The summed E-state index contributed by atoms with van der Waals surface area (Å²) in [7, 11) is 1.71. The summed E-state index contributed by atoms with van der Waals surface area (Å²) in [5, 5.41) is 11.1. The minimum Gasteiger partial charge on any atom is -0.348 e. The minimum atomic E-state index is -1.48. The average Bonchev–Trinajstić information content (AvgIpc) is 3.41. The van der Waals surface area contributed by atoms with Crippen molar-refractivity contribution in [3.05, 3.63) is 46.3 Å². The number of aryl methyl sites for hydroxylation is 2. The Bertz CT molecular complexity index is 1070. The summed E-state index contributed by atoms with van der Waals surface area (Å²) in [6.07, 6.45) is 3.18. The lowest BCUT2D eigenvalue weighted by Gasteiger charge is -2.25. The highest BCUT2D eigenvalue weighted by Crippen LogP contribution is 2.30. The fraction of sp³-hybridized carbons (Fsp3) is 0.235. The Balaban J connectivity index is 1.59. The number of hydrogen-bond donors (Lipinski definition) is 3. The van der Waals surface area contributed by atoms with Gasteiger partial charge in [0.25, 0.3) is 11.8 Å². The molecule has 0 spiro atoms. The van der Waals surface area contributed by atoms with E-state index in [-0.39, 0.29) is 12.5 Å². The van der Waals surface area contributed by atoms with Gasteiger partial charge < -0.3 is 15.2 Å². The highest BCUT2D eigenvalue weighted by atomic mass is 32.1. The number of imide groups is 1. The van der Waals surface area contributed by atoms with Crippen molar-refractivity contribution < 1.29 is 14.4 Å². The molecule has 4 rings (SSSR count). The molecule has 142 valence electrons. The normalized spacial score (nSPS) is 18.5. The molecule has 3 aromatic heterocycles. The number of amides is 4.